The lowest BCUT2D eigenvalue weighted by molar-refractivity contribution is 0.0587. The molecule has 7 nitrogen and oxygen atoms in total. The average molecular weight is 364 g/mol. The van der Waals surface area contributed by atoms with Crippen LogP contribution < -0.4 is 0 Å². The highest BCUT2D eigenvalue weighted by atomic mass is 32.2. The van der Waals surface area contributed by atoms with Crippen LogP contribution in [0.15, 0.2) is 39.8 Å². The van der Waals surface area contributed by atoms with E-state index in [-0.39, 0.29) is 17.5 Å². The van der Waals surface area contributed by atoms with Crippen molar-refractivity contribution in [1.82, 2.24) is 9.29 Å². The Morgan fingerprint density at radius 1 is 1.32 bits per heavy atom. The third-order valence-corrected chi connectivity index (χ3v) is 5.95. The van der Waals surface area contributed by atoms with Crippen LogP contribution in [0.5, 0.6) is 0 Å². The normalized spacial score (nSPS) is 18.9. The number of carbonyl (C=O) groups is 1. The highest BCUT2D eigenvalue weighted by Gasteiger charge is 2.37. The van der Waals surface area contributed by atoms with Crippen molar-refractivity contribution >= 4 is 16.0 Å². The van der Waals surface area contributed by atoms with Gasteiger partial charge in [0, 0.05) is 18.7 Å². The molecule has 134 valence electrons. The maximum atomic E-state index is 13.0. The fourth-order valence-electron chi connectivity index (χ4n) is 2.89. The third-order valence-electron chi connectivity index (χ3n) is 4.19. The van der Waals surface area contributed by atoms with Crippen LogP contribution >= 0.6 is 0 Å². The average Bonchev–Trinajstić information content (AvgIpc) is 3.08. The first-order valence-corrected chi connectivity index (χ1v) is 9.52. The van der Waals surface area contributed by atoms with E-state index in [1.54, 1.807) is 24.3 Å². The topological polar surface area (TPSA) is 89.7 Å². The standard InChI is InChI=1S/C17H20N2O5S/c1-12-7-6-10-19(11-12)25(21,22)17-14(16(20)23-2)18-15(24-17)13-8-4-3-5-9-13/h3-5,8-9,12H,6-7,10-11H2,1-2H3. The van der Waals surface area contributed by atoms with E-state index in [4.69, 9.17) is 4.42 Å². The molecule has 1 aliphatic heterocycles. The van der Waals surface area contributed by atoms with E-state index >= 15 is 0 Å². The molecule has 1 unspecified atom stereocenters. The molecule has 2 heterocycles. The molecule has 1 aromatic heterocycles. The van der Waals surface area contributed by atoms with Crippen molar-refractivity contribution in [2.45, 2.75) is 24.9 Å². The van der Waals surface area contributed by atoms with E-state index in [0.717, 1.165) is 12.8 Å². The van der Waals surface area contributed by atoms with Crippen molar-refractivity contribution < 1.29 is 22.4 Å². The number of ether oxygens (including phenoxy) is 1. The zero-order valence-corrected chi connectivity index (χ0v) is 15.0. The number of nitrogens with zero attached hydrogens (tertiary/aromatic N) is 2. The molecule has 0 amide bonds. The molecule has 0 saturated carbocycles. The Bertz CT molecular complexity index is 860. The summed E-state index contributed by atoms with van der Waals surface area (Å²) in [6.45, 7) is 2.79. The monoisotopic (exact) mass is 364 g/mol. The second kappa shape index (κ2) is 6.97. The molecule has 0 N–H and O–H groups in total. The zero-order chi connectivity index (χ0) is 18.0. The number of sulfonamides is 1. The van der Waals surface area contributed by atoms with E-state index < -0.39 is 21.1 Å². The Kier molecular flexibility index (Phi) is 4.91. The quantitative estimate of drug-likeness (QED) is 0.775. The SMILES string of the molecule is COC(=O)c1nc(-c2ccccc2)oc1S(=O)(=O)N1CCCC(C)C1. The van der Waals surface area contributed by atoms with Crippen molar-refractivity contribution in [2.75, 3.05) is 20.2 Å². The zero-order valence-electron chi connectivity index (χ0n) is 14.1. The van der Waals surface area contributed by atoms with Gasteiger partial charge in [0.25, 0.3) is 15.1 Å². The molecule has 2 aromatic rings. The van der Waals surface area contributed by atoms with Crippen molar-refractivity contribution in [3.63, 3.8) is 0 Å². The molecule has 1 aromatic carbocycles. The Balaban J connectivity index is 2.07. The van der Waals surface area contributed by atoms with Crippen molar-refractivity contribution in [3.05, 3.63) is 36.0 Å². The Morgan fingerprint density at radius 2 is 2.04 bits per heavy atom. The van der Waals surface area contributed by atoms with Gasteiger partial charge in [-0.25, -0.2) is 18.2 Å². The fourth-order valence-corrected chi connectivity index (χ4v) is 4.50. The van der Waals surface area contributed by atoms with E-state index in [1.807, 2.05) is 13.0 Å². The minimum Gasteiger partial charge on any atom is -0.464 e. The number of carbonyl (C=O) groups excluding carboxylic acids is 1. The minimum atomic E-state index is -3.96. The van der Waals surface area contributed by atoms with Gasteiger partial charge >= 0.3 is 5.97 Å². The van der Waals surface area contributed by atoms with Gasteiger partial charge in [0.05, 0.1) is 7.11 Å². The van der Waals surface area contributed by atoms with Gasteiger partial charge in [0.15, 0.2) is 0 Å². The molecule has 0 spiro atoms. The summed E-state index contributed by atoms with van der Waals surface area (Å²) in [7, 11) is -2.79. The number of benzene rings is 1. The molecule has 1 saturated heterocycles. The summed E-state index contributed by atoms with van der Waals surface area (Å²) >= 11 is 0. The van der Waals surface area contributed by atoms with Crippen molar-refractivity contribution in [2.24, 2.45) is 5.92 Å². The Hall–Kier alpha value is -2.19. The van der Waals surface area contributed by atoms with Gasteiger partial charge in [-0.1, -0.05) is 25.1 Å². The summed E-state index contributed by atoms with van der Waals surface area (Å²) in [6, 6.07) is 8.83. The second-order valence-electron chi connectivity index (χ2n) is 6.12. The summed E-state index contributed by atoms with van der Waals surface area (Å²) in [5.74, 6) is -0.513. The lowest BCUT2D eigenvalue weighted by Crippen LogP contribution is -2.39. The number of esters is 1. The molecule has 1 fully saturated rings. The molecule has 1 aliphatic rings. The molecule has 8 heteroatoms. The third kappa shape index (κ3) is 3.45. The van der Waals surface area contributed by atoms with Crippen molar-refractivity contribution in [1.29, 1.82) is 0 Å². The number of aromatic nitrogens is 1. The summed E-state index contributed by atoms with van der Waals surface area (Å²) in [5.41, 5.74) is 0.265. The van der Waals surface area contributed by atoms with Crippen LogP contribution in [0.2, 0.25) is 0 Å². The van der Waals surface area contributed by atoms with Gasteiger partial charge in [-0.05, 0) is 30.9 Å². The van der Waals surface area contributed by atoms with E-state index in [1.165, 1.54) is 11.4 Å². The fraction of sp³-hybridized carbons (Fsp3) is 0.412. The molecule has 1 atom stereocenters. The van der Waals surface area contributed by atoms with Crippen LogP contribution in [0.25, 0.3) is 11.5 Å². The summed E-state index contributed by atoms with van der Waals surface area (Å²) in [6.07, 6.45) is 1.75. The van der Waals surface area contributed by atoms with Gasteiger partial charge < -0.3 is 9.15 Å². The molecular weight excluding hydrogens is 344 g/mol. The first kappa shape index (κ1) is 17.6. The molecule has 0 bridgehead atoms. The van der Waals surface area contributed by atoms with Crippen LogP contribution in [0, 0.1) is 5.92 Å². The lowest BCUT2D eigenvalue weighted by atomic mass is 10.0. The molecule has 0 aliphatic carbocycles. The molecule has 0 radical (unpaired) electrons. The smallest absolute Gasteiger partial charge is 0.361 e. The number of piperidine rings is 1. The number of rotatable bonds is 4. The van der Waals surface area contributed by atoms with E-state index in [2.05, 4.69) is 9.72 Å². The minimum absolute atomic E-state index is 0.0737. The number of methoxy groups -OCH3 is 1. The first-order valence-electron chi connectivity index (χ1n) is 8.08. The number of hydrogen-bond acceptors (Lipinski definition) is 6. The van der Waals surface area contributed by atoms with Gasteiger partial charge in [0.2, 0.25) is 11.6 Å². The van der Waals surface area contributed by atoms with E-state index in [9.17, 15) is 13.2 Å². The van der Waals surface area contributed by atoms with Gasteiger partial charge in [-0.2, -0.15) is 4.31 Å². The summed E-state index contributed by atoms with van der Waals surface area (Å²) in [5, 5.41) is -0.452. The maximum Gasteiger partial charge on any atom is 0.361 e. The summed E-state index contributed by atoms with van der Waals surface area (Å²) in [4.78, 5) is 16.1. The second-order valence-corrected chi connectivity index (χ2v) is 7.96. The highest BCUT2D eigenvalue weighted by molar-refractivity contribution is 7.89. The summed E-state index contributed by atoms with van der Waals surface area (Å²) < 4.78 is 37.6. The molecule has 25 heavy (non-hydrogen) atoms. The first-order chi connectivity index (χ1) is 11.9. The Labute approximate surface area is 146 Å². The largest absolute Gasteiger partial charge is 0.464 e. The maximum absolute atomic E-state index is 13.0. The Morgan fingerprint density at radius 3 is 2.68 bits per heavy atom. The van der Waals surface area contributed by atoms with Crippen LogP contribution in [0.4, 0.5) is 0 Å². The van der Waals surface area contributed by atoms with Crippen LogP contribution in [0.1, 0.15) is 30.3 Å². The van der Waals surface area contributed by atoms with Crippen molar-refractivity contribution in [3.8, 4) is 11.5 Å². The molecular formula is C17H20N2O5S. The van der Waals surface area contributed by atoms with Crippen LogP contribution in [-0.4, -0.2) is 43.9 Å². The number of hydrogen-bond donors (Lipinski definition) is 0. The van der Waals surface area contributed by atoms with Crippen LogP contribution in [-0.2, 0) is 14.8 Å². The van der Waals surface area contributed by atoms with E-state index in [0.29, 0.717) is 18.7 Å². The van der Waals surface area contributed by atoms with Crippen LogP contribution in [0.3, 0.4) is 0 Å². The molecule has 3 rings (SSSR count). The van der Waals surface area contributed by atoms with Gasteiger partial charge in [-0.3, -0.25) is 0 Å². The van der Waals surface area contributed by atoms with Gasteiger partial charge in [-0.15, -0.1) is 0 Å². The highest BCUT2D eigenvalue weighted by Crippen LogP contribution is 2.30. The predicted octanol–water partition coefficient (Wildman–Crippen LogP) is 2.55. The number of oxazole rings is 1. The predicted molar refractivity (Wildman–Crippen MR) is 90.4 cm³/mol. The lowest BCUT2D eigenvalue weighted by Gasteiger charge is -2.29. The van der Waals surface area contributed by atoms with Gasteiger partial charge in [0.1, 0.15) is 0 Å².